The molecule has 3 aromatic rings. The highest BCUT2D eigenvalue weighted by Gasteiger charge is 2.38. The number of ether oxygens (including phenoxy) is 3. The van der Waals surface area contributed by atoms with Gasteiger partial charge in [-0.05, 0) is 24.3 Å². The van der Waals surface area contributed by atoms with Crippen molar-refractivity contribution in [1.29, 1.82) is 0 Å². The van der Waals surface area contributed by atoms with E-state index in [9.17, 15) is 9.59 Å². The molecule has 3 aliphatic rings. The van der Waals surface area contributed by atoms with E-state index in [2.05, 4.69) is 20.5 Å². The smallest absolute Gasteiger partial charge is 0.251 e. The van der Waals surface area contributed by atoms with Crippen molar-refractivity contribution in [3.05, 3.63) is 70.5 Å². The maximum atomic E-state index is 13.4. The number of carbonyl (C=O) groups is 2. The second kappa shape index (κ2) is 11.8. The van der Waals surface area contributed by atoms with Crippen molar-refractivity contribution in [1.82, 2.24) is 30.1 Å². The Hall–Kier alpha value is -3.67. The number of hydrogen-bond donors (Lipinski definition) is 1. The monoisotopic (exact) mass is 566 g/mol. The van der Waals surface area contributed by atoms with Crippen LogP contribution in [0.25, 0.3) is 0 Å². The predicted molar refractivity (Wildman–Crippen MR) is 145 cm³/mol. The summed E-state index contributed by atoms with van der Waals surface area (Å²) >= 11 is 6.31. The van der Waals surface area contributed by atoms with Crippen molar-refractivity contribution in [2.75, 3.05) is 39.4 Å². The number of carbonyl (C=O) groups excluding carboxylic acids is 2. The molecule has 2 aromatic carbocycles. The van der Waals surface area contributed by atoms with Crippen LogP contribution in [0.1, 0.15) is 28.0 Å². The largest absolute Gasteiger partial charge is 0.492 e. The van der Waals surface area contributed by atoms with E-state index in [-0.39, 0.29) is 25.0 Å². The van der Waals surface area contributed by atoms with Crippen LogP contribution >= 0.6 is 11.6 Å². The summed E-state index contributed by atoms with van der Waals surface area (Å²) in [6.07, 6.45) is 2.11. The Morgan fingerprint density at radius 2 is 1.95 bits per heavy atom. The normalized spacial score (nSPS) is 21.8. The highest BCUT2D eigenvalue weighted by atomic mass is 35.5. The molecule has 0 spiro atoms. The summed E-state index contributed by atoms with van der Waals surface area (Å²) in [5.74, 6) is 0.995. The van der Waals surface area contributed by atoms with Crippen LogP contribution in [-0.2, 0) is 29.2 Å². The summed E-state index contributed by atoms with van der Waals surface area (Å²) in [6, 6.07) is 12.4. The van der Waals surface area contributed by atoms with Gasteiger partial charge in [0, 0.05) is 50.3 Å². The molecule has 0 saturated carbocycles. The fourth-order valence-electron chi connectivity index (χ4n) is 5.21. The average molecular weight is 567 g/mol. The maximum absolute atomic E-state index is 13.4. The van der Waals surface area contributed by atoms with Gasteiger partial charge in [-0.1, -0.05) is 35.0 Å². The molecule has 4 bridgehead atoms. The Morgan fingerprint density at radius 1 is 1.07 bits per heavy atom. The number of nitrogens with one attached hydrogen (secondary N) is 1. The lowest BCUT2D eigenvalue weighted by atomic mass is 10.1. The third-order valence-corrected chi connectivity index (χ3v) is 7.65. The quantitative estimate of drug-likeness (QED) is 0.502. The number of amides is 2. The van der Waals surface area contributed by atoms with E-state index in [0.29, 0.717) is 74.4 Å². The van der Waals surface area contributed by atoms with Gasteiger partial charge in [0.2, 0.25) is 5.91 Å². The molecule has 2 amide bonds. The lowest BCUT2D eigenvalue weighted by Gasteiger charge is -2.23. The first kappa shape index (κ1) is 26.5. The second-order valence-corrected chi connectivity index (χ2v) is 10.6. The molecule has 1 N–H and O–H groups in total. The number of benzene rings is 2. The molecule has 11 nitrogen and oxygen atoms in total. The van der Waals surface area contributed by atoms with Crippen molar-refractivity contribution >= 4 is 23.4 Å². The van der Waals surface area contributed by atoms with Crippen molar-refractivity contribution in [2.45, 2.75) is 38.3 Å². The number of fused-ring (bicyclic) bond motifs is 6. The zero-order valence-corrected chi connectivity index (χ0v) is 22.8. The molecular formula is C28H31ClN6O5. The van der Waals surface area contributed by atoms with E-state index in [1.165, 1.54) is 0 Å². The first-order valence-corrected chi connectivity index (χ1v) is 13.8. The first-order valence-electron chi connectivity index (χ1n) is 13.5. The van der Waals surface area contributed by atoms with Crippen LogP contribution in [0.2, 0.25) is 5.02 Å². The van der Waals surface area contributed by atoms with Gasteiger partial charge in [-0.2, -0.15) is 0 Å². The molecule has 3 aliphatic heterocycles. The van der Waals surface area contributed by atoms with Gasteiger partial charge in [0.05, 0.1) is 43.1 Å². The SMILES string of the molecule is O=C1N[C@H]2CN(C(=O)CN3CCOc4ccccc4C3)C[C@@H]2OCc2cn(nn2)CCCOc2cc1ccc2Cl. The van der Waals surface area contributed by atoms with E-state index in [1.54, 1.807) is 27.8 Å². The maximum Gasteiger partial charge on any atom is 0.251 e. The molecule has 0 aliphatic carbocycles. The van der Waals surface area contributed by atoms with E-state index >= 15 is 0 Å². The molecular weight excluding hydrogens is 536 g/mol. The molecule has 2 atom stereocenters. The second-order valence-electron chi connectivity index (χ2n) is 10.2. The summed E-state index contributed by atoms with van der Waals surface area (Å²) in [4.78, 5) is 30.6. The van der Waals surface area contributed by atoms with Gasteiger partial charge in [-0.15, -0.1) is 5.10 Å². The first-order chi connectivity index (χ1) is 19.5. The minimum absolute atomic E-state index is 0.0243. The van der Waals surface area contributed by atoms with Gasteiger partial charge in [0.25, 0.3) is 5.91 Å². The Kier molecular flexibility index (Phi) is 7.85. The fraction of sp³-hybridized carbons (Fsp3) is 0.429. The summed E-state index contributed by atoms with van der Waals surface area (Å²) in [7, 11) is 0. The van der Waals surface area contributed by atoms with E-state index in [0.717, 1.165) is 11.3 Å². The van der Waals surface area contributed by atoms with Crippen LogP contribution in [0.15, 0.2) is 48.7 Å². The van der Waals surface area contributed by atoms with Gasteiger partial charge in [-0.3, -0.25) is 19.2 Å². The highest BCUT2D eigenvalue weighted by molar-refractivity contribution is 6.32. The molecule has 210 valence electrons. The summed E-state index contributed by atoms with van der Waals surface area (Å²) < 4.78 is 19.7. The third-order valence-electron chi connectivity index (χ3n) is 7.34. The Bertz CT molecular complexity index is 1380. The van der Waals surface area contributed by atoms with Crippen molar-refractivity contribution < 1.29 is 23.8 Å². The Morgan fingerprint density at radius 3 is 2.88 bits per heavy atom. The van der Waals surface area contributed by atoms with Crippen molar-refractivity contribution in [3.63, 3.8) is 0 Å². The number of halogens is 1. The predicted octanol–water partition coefficient (Wildman–Crippen LogP) is 2.13. The van der Waals surface area contributed by atoms with Gasteiger partial charge < -0.3 is 24.4 Å². The zero-order valence-electron chi connectivity index (χ0n) is 22.0. The van der Waals surface area contributed by atoms with Gasteiger partial charge in [0.1, 0.15) is 23.8 Å². The molecule has 0 radical (unpaired) electrons. The summed E-state index contributed by atoms with van der Waals surface area (Å²) in [5.41, 5.74) is 2.16. The number of aryl methyl sites for hydroxylation is 1. The van der Waals surface area contributed by atoms with E-state index in [4.69, 9.17) is 25.8 Å². The van der Waals surface area contributed by atoms with Crippen LogP contribution in [0.5, 0.6) is 11.5 Å². The van der Waals surface area contributed by atoms with Crippen molar-refractivity contribution in [3.8, 4) is 11.5 Å². The third kappa shape index (κ3) is 6.06. The van der Waals surface area contributed by atoms with Gasteiger partial charge >= 0.3 is 0 Å². The van der Waals surface area contributed by atoms with Crippen LogP contribution < -0.4 is 14.8 Å². The standard InChI is InChI=1S/C28H31ClN6O5/c29-22-7-6-19-12-25(22)38-10-3-8-35-14-21(31-32-35)18-40-26-16-34(15-23(26)30-28(19)37)27(36)17-33-9-11-39-24-5-2-1-4-20(24)13-33/h1-2,4-7,12,14,23,26H,3,8-11,13,15-18H2,(H,30,37)/t23-,26-/m0/s1. The molecule has 1 fully saturated rings. The summed E-state index contributed by atoms with van der Waals surface area (Å²) in [6.45, 7) is 3.98. The highest BCUT2D eigenvalue weighted by Crippen LogP contribution is 2.27. The number of rotatable bonds is 2. The van der Waals surface area contributed by atoms with Gasteiger partial charge in [0.15, 0.2) is 0 Å². The van der Waals surface area contributed by atoms with Gasteiger partial charge in [-0.25, -0.2) is 0 Å². The van der Waals surface area contributed by atoms with E-state index < -0.39 is 12.1 Å². The number of para-hydroxylation sites is 1. The minimum Gasteiger partial charge on any atom is -0.492 e. The lowest BCUT2D eigenvalue weighted by Crippen LogP contribution is -2.44. The molecule has 12 heteroatoms. The number of hydrogen-bond acceptors (Lipinski definition) is 8. The molecule has 4 heterocycles. The Balaban J connectivity index is 1.18. The van der Waals surface area contributed by atoms with Crippen LogP contribution in [0.4, 0.5) is 0 Å². The zero-order chi connectivity index (χ0) is 27.5. The van der Waals surface area contributed by atoms with E-state index in [1.807, 2.05) is 30.5 Å². The molecule has 6 rings (SSSR count). The van der Waals surface area contributed by atoms with Crippen LogP contribution in [-0.4, -0.2) is 88.1 Å². The summed E-state index contributed by atoms with van der Waals surface area (Å²) in [5, 5.41) is 11.9. The molecule has 0 unspecified atom stereocenters. The number of aromatic nitrogens is 3. The molecule has 1 aromatic heterocycles. The molecule has 40 heavy (non-hydrogen) atoms. The van der Waals surface area contributed by atoms with Crippen LogP contribution in [0, 0.1) is 0 Å². The fourth-order valence-corrected chi connectivity index (χ4v) is 5.39. The minimum atomic E-state index is -0.415. The number of nitrogens with zero attached hydrogens (tertiary/aromatic N) is 5. The topological polar surface area (TPSA) is 111 Å². The lowest BCUT2D eigenvalue weighted by molar-refractivity contribution is -0.132. The average Bonchev–Trinajstić information content (AvgIpc) is 3.52. The number of likely N-dealkylation sites (tertiary alicyclic amines) is 1. The van der Waals surface area contributed by atoms with Crippen LogP contribution in [0.3, 0.4) is 0 Å². The van der Waals surface area contributed by atoms with Crippen molar-refractivity contribution in [2.24, 2.45) is 0 Å². The molecule has 1 saturated heterocycles. The Labute approximate surface area is 236 Å².